The van der Waals surface area contributed by atoms with E-state index < -0.39 is 5.82 Å². The van der Waals surface area contributed by atoms with Gasteiger partial charge in [0.25, 0.3) is 0 Å². The number of fused-ring (bicyclic) bond motifs is 1. The monoisotopic (exact) mass is 295 g/mol. The number of methoxy groups -OCH3 is 1. The van der Waals surface area contributed by atoms with Crippen LogP contribution >= 0.6 is 0 Å². The highest BCUT2D eigenvalue weighted by molar-refractivity contribution is 6.08. The molecule has 0 aliphatic heterocycles. The zero-order valence-electron chi connectivity index (χ0n) is 12.0. The second kappa shape index (κ2) is 5.85. The van der Waals surface area contributed by atoms with Crippen molar-refractivity contribution in [2.45, 2.75) is 0 Å². The van der Waals surface area contributed by atoms with E-state index in [1.807, 2.05) is 30.5 Å². The van der Waals surface area contributed by atoms with E-state index in [0.717, 1.165) is 16.5 Å². The maximum absolute atomic E-state index is 13.4. The fraction of sp³-hybridized carbons (Fsp3) is 0.0556. The number of H-pyrrole nitrogens is 1. The molecule has 0 spiro atoms. The largest absolute Gasteiger partial charge is 0.494 e. The van der Waals surface area contributed by atoms with Gasteiger partial charge in [0.05, 0.1) is 7.11 Å². The zero-order chi connectivity index (χ0) is 15.5. The summed E-state index contributed by atoms with van der Waals surface area (Å²) in [5.74, 6) is -0.630. The van der Waals surface area contributed by atoms with Crippen LogP contribution < -0.4 is 4.74 Å². The molecule has 0 saturated heterocycles. The van der Waals surface area contributed by atoms with E-state index in [-0.39, 0.29) is 11.5 Å². The summed E-state index contributed by atoms with van der Waals surface area (Å²) in [6.07, 6.45) is 5.07. The minimum absolute atomic E-state index is 0.0614. The molecule has 1 N–H and O–H groups in total. The van der Waals surface area contributed by atoms with Crippen LogP contribution in [0.4, 0.5) is 4.39 Å². The topological polar surface area (TPSA) is 42.1 Å². The molecule has 1 aromatic heterocycles. The van der Waals surface area contributed by atoms with Gasteiger partial charge in [0.1, 0.15) is 0 Å². The molecule has 0 amide bonds. The quantitative estimate of drug-likeness (QED) is 0.578. The van der Waals surface area contributed by atoms with E-state index in [2.05, 4.69) is 4.98 Å². The van der Waals surface area contributed by atoms with Crippen molar-refractivity contribution in [2.24, 2.45) is 0 Å². The number of allylic oxidation sites excluding steroid dienone is 1. The van der Waals surface area contributed by atoms with E-state index in [1.165, 1.54) is 31.4 Å². The first-order valence-electron chi connectivity index (χ1n) is 6.81. The average Bonchev–Trinajstić information content (AvgIpc) is 2.96. The molecular weight excluding hydrogens is 281 g/mol. The lowest BCUT2D eigenvalue weighted by atomic mass is 10.1. The molecule has 0 fully saturated rings. The average molecular weight is 295 g/mol. The molecule has 0 saturated carbocycles. The number of halogens is 1. The predicted molar refractivity (Wildman–Crippen MR) is 84.6 cm³/mol. The number of aromatic amines is 1. The molecule has 1 heterocycles. The maximum Gasteiger partial charge on any atom is 0.185 e. The van der Waals surface area contributed by atoms with Gasteiger partial charge in [0.15, 0.2) is 17.3 Å². The maximum atomic E-state index is 13.4. The van der Waals surface area contributed by atoms with Crippen molar-refractivity contribution < 1.29 is 13.9 Å². The Morgan fingerprint density at radius 3 is 2.86 bits per heavy atom. The normalized spacial score (nSPS) is 11.2. The van der Waals surface area contributed by atoms with Crippen molar-refractivity contribution in [3.05, 3.63) is 71.7 Å². The molecule has 22 heavy (non-hydrogen) atoms. The SMILES string of the molecule is COc1cc(C(=O)/C=C/c2c[nH]c3ccccc23)ccc1F. The lowest BCUT2D eigenvalue weighted by Gasteiger charge is -2.03. The molecule has 2 aromatic carbocycles. The second-order valence-electron chi connectivity index (χ2n) is 4.84. The van der Waals surface area contributed by atoms with Crippen LogP contribution in [0.5, 0.6) is 5.75 Å². The van der Waals surface area contributed by atoms with Gasteiger partial charge in [-0.1, -0.05) is 18.2 Å². The van der Waals surface area contributed by atoms with Gasteiger partial charge in [-0.3, -0.25) is 4.79 Å². The Hall–Kier alpha value is -2.88. The number of carbonyl (C=O) groups excluding carboxylic acids is 1. The summed E-state index contributed by atoms with van der Waals surface area (Å²) < 4.78 is 18.2. The number of aromatic nitrogens is 1. The van der Waals surface area contributed by atoms with Crippen LogP contribution in [-0.4, -0.2) is 17.9 Å². The van der Waals surface area contributed by atoms with E-state index in [9.17, 15) is 9.18 Å². The third-order valence-electron chi connectivity index (χ3n) is 3.47. The van der Waals surface area contributed by atoms with Gasteiger partial charge in [-0.05, 0) is 42.0 Å². The lowest BCUT2D eigenvalue weighted by Crippen LogP contribution is -1.97. The van der Waals surface area contributed by atoms with Crippen LogP contribution in [0.2, 0.25) is 0 Å². The van der Waals surface area contributed by atoms with Crippen LogP contribution in [0.3, 0.4) is 0 Å². The van der Waals surface area contributed by atoms with Crippen LogP contribution in [-0.2, 0) is 0 Å². The summed E-state index contributed by atoms with van der Waals surface area (Å²) in [7, 11) is 1.37. The molecule has 0 bridgehead atoms. The fourth-order valence-electron chi connectivity index (χ4n) is 2.31. The number of ketones is 1. The Balaban J connectivity index is 1.87. The minimum atomic E-state index is -0.486. The van der Waals surface area contributed by atoms with Gasteiger partial charge in [-0.2, -0.15) is 0 Å². The number of ether oxygens (including phenoxy) is 1. The third kappa shape index (κ3) is 2.63. The standard InChI is InChI=1S/C18H14FNO2/c1-22-18-10-12(6-8-15(18)19)17(21)9-7-13-11-20-16-5-3-2-4-14(13)16/h2-11,20H,1H3/b9-7+. The predicted octanol–water partition coefficient (Wildman–Crippen LogP) is 4.21. The Kier molecular flexibility index (Phi) is 3.74. The van der Waals surface area contributed by atoms with Gasteiger partial charge in [-0.15, -0.1) is 0 Å². The second-order valence-corrected chi connectivity index (χ2v) is 4.84. The number of carbonyl (C=O) groups is 1. The van der Waals surface area contributed by atoms with Crippen LogP contribution in [0, 0.1) is 5.82 Å². The number of benzene rings is 2. The minimum Gasteiger partial charge on any atom is -0.494 e. The molecule has 3 aromatic rings. The Bertz CT molecular complexity index is 864. The number of hydrogen-bond donors (Lipinski definition) is 1. The van der Waals surface area contributed by atoms with Gasteiger partial charge < -0.3 is 9.72 Å². The van der Waals surface area contributed by atoms with Crippen LogP contribution in [0.15, 0.2) is 54.7 Å². The molecule has 0 aliphatic carbocycles. The Morgan fingerprint density at radius 1 is 1.23 bits per heavy atom. The highest BCUT2D eigenvalue weighted by Gasteiger charge is 2.08. The summed E-state index contributed by atoms with van der Waals surface area (Å²) in [6.45, 7) is 0. The van der Waals surface area contributed by atoms with Crippen LogP contribution in [0.1, 0.15) is 15.9 Å². The molecule has 3 rings (SSSR count). The summed E-state index contributed by atoms with van der Waals surface area (Å²) in [4.78, 5) is 15.3. The summed E-state index contributed by atoms with van der Waals surface area (Å²) in [6, 6.07) is 11.9. The molecule has 4 heteroatoms. The van der Waals surface area contributed by atoms with Crippen molar-refractivity contribution in [3.8, 4) is 5.75 Å². The van der Waals surface area contributed by atoms with E-state index in [1.54, 1.807) is 6.08 Å². The first-order chi connectivity index (χ1) is 10.7. The number of rotatable bonds is 4. The first-order valence-corrected chi connectivity index (χ1v) is 6.81. The van der Waals surface area contributed by atoms with Gasteiger partial charge in [-0.25, -0.2) is 4.39 Å². The van der Waals surface area contributed by atoms with Crippen molar-refractivity contribution in [1.82, 2.24) is 4.98 Å². The number of hydrogen-bond acceptors (Lipinski definition) is 2. The summed E-state index contributed by atoms with van der Waals surface area (Å²) in [5.41, 5.74) is 2.32. The first kappa shape index (κ1) is 14.1. The molecule has 0 unspecified atom stereocenters. The number of para-hydroxylation sites is 1. The molecule has 110 valence electrons. The molecular formula is C18H14FNO2. The third-order valence-corrected chi connectivity index (χ3v) is 3.47. The van der Waals surface area contributed by atoms with Gasteiger partial charge in [0.2, 0.25) is 0 Å². The molecule has 0 radical (unpaired) electrons. The van der Waals surface area contributed by atoms with Crippen LogP contribution in [0.25, 0.3) is 17.0 Å². The number of nitrogens with one attached hydrogen (secondary N) is 1. The highest BCUT2D eigenvalue weighted by atomic mass is 19.1. The Labute approximate surface area is 127 Å². The fourth-order valence-corrected chi connectivity index (χ4v) is 2.31. The van der Waals surface area contributed by atoms with Crippen molar-refractivity contribution >= 4 is 22.8 Å². The van der Waals surface area contributed by atoms with Gasteiger partial charge in [0, 0.05) is 22.7 Å². The van der Waals surface area contributed by atoms with E-state index in [0.29, 0.717) is 5.56 Å². The lowest BCUT2D eigenvalue weighted by molar-refractivity contribution is 0.104. The van der Waals surface area contributed by atoms with Crippen molar-refractivity contribution in [1.29, 1.82) is 0 Å². The summed E-state index contributed by atoms with van der Waals surface area (Å²) in [5, 5.41) is 1.04. The highest BCUT2D eigenvalue weighted by Crippen LogP contribution is 2.21. The molecule has 3 nitrogen and oxygen atoms in total. The smallest absolute Gasteiger partial charge is 0.185 e. The summed E-state index contributed by atoms with van der Waals surface area (Å²) >= 11 is 0. The molecule has 0 aliphatic rings. The van der Waals surface area contributed by atoms with E-state index >= 15 is 0 Å². The Morgan fingerprint density at radius 2 is 2.05 bits per heavy atom. The molecule has 0 atom stereocenters. The van der Waals surface area contributed by atoms with Gasteiger partial charge >= 0.3 is 0 Å². The van der Waals surface area contributed by atoms with E-state index in [4.69, 9.17) is 4.74 Å². The van der Waals surface area contributed by atoms with Crippen molar-refractivity contribution in [2.75, 3.05) is 7.11 Å². The van der Waals surface area contributed by atoms with Crippen molar-refractivity contribution in [3.63, 3.8) is 0 Å². The zero-order valence-corrected chi connectivity index (χ0v) is 12.0.